The van der Waals surface area contributed by atoms with Crippen molar-refractivity contribution in [2.75, 3.05) is 26.8 Å². The third kappa shape index (κ3) is 4.29. The van der Waals surface area contributed by atoms with Crippen molar-refractivity contribution >= 4 is 0 Å². The van der Waals surface area contributed by atoms with Crippen LogP contribution in [0.15, 0.2) is 36.8 Å². The van der Waals surface area contributed by atoms with Gasteiger partial charge in [-0.05, 0) is 18.1 Å². The van der Waals surface area contributed by atoms with Crippen LogP contribution in [-0.2, 0) is 24.3 Å². The topological polar surface area (TPSA) is 67.7 Å². The highest BCUT2D eigenvalue weighted by atomic mass is 16.5. The van der Waals surface area contributed by atoms with Crippen molar-refractivity contribution < 1.29 is 14.6 Å². The maximum atomic E-state index is 10.2. The number of fused-ring (bicyclic) bond motifs is 1. The predicted molar refractivity (Wildman–Crippen MR) is 89.7 cm³/mol. The van der Waals surface area contributed by atoms with Gasteiger partial charge < -0.3 is 14.6 Å². The molecule has 6 heteroatoms. The van der Waals surface area contributed by atoms with Crippen LogP contribution >= 0.6 is 0 Å². The van der Waals surface area contributed by atoms with Crippen molar-refractivity contribution in [2.45, 2.75) is 25.7 Å². The Morgan fingerprint density at radius 3 is 3.08 bits per heavy atom. The van der Waals surface area contributed by atoms with Gasteiger partial charge in [0.15, 0.2) is 0 Å². The monoisotopic (exact) mass is 329 g/mol. The molecule has 128 valence electrons. The van der Waals surface area contributed by atoms with Gasteiger partial charge >= 0.3 is 0 Å². The van der Waals surface area contributed by atoms with E-state index < -0.39 is 6.10 Å². The highest BCUT2D eigenvalue weighted by Crippen LogP contribution is 2.18. The van der Waals surface area contributed by atoms with Crippen LogP contribution in [0.1, 0.15) is 16.8 Å². The summed E-state index contributed by atoms with van der Waals surface area (Å²) in [6.45, 7) is 2.96. The Labute approximate surface area is 142 Å². The van der Waals surface area contributed by atoms with Crippen molar-refractivity contribution in [3.05, 3.63) is 53.6 Å². The molecular weight excluding hydrogens is 306 g/mol. The summed E-state index contributed by atoms with van der Waals surface area (Å²) in [5.41, 5.74) is 3.24. The van der Waals surface area contributed by atoms with Crippen molar-refractivity contribution in [2.24, 2.45) is 0 Å². The number of hydrogen-bond donors (Lipinski definition) is 1. The summed E-state index contributed by atoms with van der Waals surface area (Å²) in [4.78, 5) is 10.6. The van der Waals surface area contributed by atoms with Gasteiger partial charge in [0.2, 0.25) is 0 Å². The number of aliphatic hydroxyl groups excluding tert-OH is 1. The number of aliphatic hydroxyl groups is 1. The SMILES string of the molecule is COc1ccccc1COC[C@@H](O)CN1CCc2cncnc2C1. The van der Waals surface area contributed by atoms with E-state index in [1.165, 1.54) is 5.56 Å². The van der Waals surface area contributed by atoms with E-state index >= 15 is 0 Å². The first-order chi connectivity index (χ1) is 11.8. The van der Waals surface area contributed by atoms with Crippen LogP contribution in [0.3, 0.4) is 0 Å². The standard InChI is InChI=1S/C18H23N3O3/c1-23-18-5-3-2-4-15(18)11-24-12-16(22)9-21-7-6-14-8-19-13-20-17(14)10-21/h2-5,8,13,16,22H,6-7,9-12H2,1H3/t16-/m0/s1. The number of hydrogen-bond acceptors (Lipinski definition) is 6. The minimum Gasteiger partial charge on any atom is -0.496 e. The lowest BCUT2D eigenvalue weighted by atomic mass is 10.1. The number of aromatic nitrogens is 2. The molecular formula is C18H23N3O3. The quantitative estimate of drug-likeness (QED) is 0.829. The number of nitrogens with zero attached hydrogens (tertiary/aromatic N) is 3. The third-order valence-electron chi connectivity index (χ3n) is 4.18. The molecule has 0 amide bonds. The van der Waals surface area contributed by atoms with Crippen LogP contribution in [0, 0.1) is 0 Å². The lowest BCUT2D eigenvalue weighted by Gasteiger charge is -2.29. The van der Waals surface area contributed by atoms with Gasteiger partial charge in [-0.1, -0.05) is 18.2 Å². The van der Waals surface area contributed by atoms with Crippen LogP contribution in [-0.4, -0.2) is 52.9 Å². The fourth-order valence-electron chi connectivity index (χ4n) is 2.94. The number of rotatable bonds is 7. The molecule has 1 aliphatic heterocycles. The summed E-state index contributed by atoms with van der Waals surface area (Å²) in [5.74, 6) is 0.805. The van der Waals surface area contributed by atoms with Crippen LogP contribution in [0.25, 0.3) is 0 Å². The first kappa shape index (κ1) is 16.8. The van der Waals surface area contributed by atoms with E-state index in [1.807, 2.05) is 30.5 Å². The molecule has 1 aliphatic rings. The molecule has 6 nitrogen and oxygen atoms in total. The Bertz CT molecular complexity index is 665. The summed E-state index contributed by atoms with van der Waals surface area (Å²) < 4.78 is 10.9. The minimum atomic E-state index is -0.525. The largest absolute Gasteiger partial charge is 0.496 e. The van der Waals surface area contributed by atoms with Crippen molar-refractivity contribution in [1.29, 1.82) is 0 Å². The first-order valence-electron chi connectivity index (χ1n) is 8.14. The predicted octanol–water partition coefficient (Wildman–Crippen LogP) is 1.42. The van der Waals surface area contributed by atoms with Crippen molar-refractivity contribution in [3.63, 3.8) is 0 Å². The van der Waals surface area contributed by atoms with E-state index in [9.17, 15) is 5.11 Å². The summed E-state index contributed by atoms with van der Waals surface area (Å²) in [6.07, 6.45) is 3.86. The van der Waals surface area contributed by atoms with Gasteiger partial charge in [-0.2, -0.15) is 0 Å². The second-order valence-corrected chi connectivity index (χ2v) is 5.96. The van der Waals surface area contributed by atoms with Crippen molar-refractivity contribution in [3.8, 4) is 5.75 Å². The molecule has 0 saturated carbocycles. The molecule has 24 heavy (non-hydrogen) atoms. The maximum absolute atomic E-state index is 10.2. The highest BCUT2D eigenvalue weighted by Gasteiger charge is 2.19. The van der Waals surface area contributed by atoms with Gasteiger partial charge in [-0.3, -0.25) is 4.90 Å². The molecule has 0 saturated heterocycles. The number of β-amino-alcohol motifs (C(OH)–C–C–N with tert-alkyl or cyclic N) is 1. The number of benzene rings is 1. The molecule has 0 aliphatic carbocycles. The Hall–Kier alpha value is -2.02. The zero-order chi connectivity index (χ0) is 16.8. The lowest BCUT2D eigenvalue weighted by Crippen LogP contribution is -2.38. The second kappa shape index (κ2) is 8.19. The summed E-state index contributed by atoms with van der Waals surface area (Å²) in [6, 6.07) is 7.74. The average Bonchev–Trinajstić information content (AvgIpc) is 2.62. The molecule has 1 N–H and O–H groups in total. The molecule has 0 spiro atoms. The molecule has 0 bridgehead atoms. The number of methoxy groups -OCH3 is 1. The van der Waals surface area contributed by atoms with Crippen molar-refractivity contribution in [1.82, 2.24) is 14.9 Å². The van der Waals surface area contributed by atoms with Gasteiger partial charge in [-0.15, -0.1) is 0 Å². The van der Waals surface area contributed by atoms with E-state index in [2.05, 4.69) is 14.9 Å². The Kier molecular flexibility index (Phi) is 5.74. The zero-order valence-corrected chi connectivity index (χ0v) is 13.9. The molecule has 0 fully saturated rings. The Balaban J connectivity index is 1.44. The molecule has 2 aromatic rings. The molecule has 1 atom stereocenters. The van der Waals surface area contributed by atoms with E-state index in [1.54, 1.807) is 13.4 Å². The second-order valence-electron chi connectivity index (χ2n) is 5.96. The molecule has 1 aromatic heterocycles. The highest BCUT2D eigenvalue weighted by molar-refractivity contribution is 5.32. The maximum Gasteiger partial charge on any atom is 0.124 e. The Morgan fingerprint density at radius 2 is 2.21 bits per heavy atom. The van der Waals surface area contributed by atoms with E-state index in [0.29, 0.717) is 19.8 Å². The molecule has 1 aromatic carbocycles. The van der Waals surface area contributed by atoms with E-state index in [-0.39, 0.29) is 0 Å². The lowest BCUT2D eigenvalue weighted by molar-refractivity contribution is 0.00702. The summed E-state index contributed by atoms with van der Waals surface area (Å²) in [7, 11) is 1.64. The van der Waals surface area contributed by atoms with Crippen LogP contribution in [0.4, 0.5) is 0 Å². The zero-order valence-electron chi connectivity index (χ0n) is 13.9. The molecule has 3 rings (SSSR count). The van der Waals surface area contributed by atoms with Crippen LogP contribution in [0.2, 0.25) is 0 Å². The minimum absolute atomic E-state index is 0.297. The normalized spacial score (nSPS) is 15.8. The van der Waals surface area contributed by atoms with Gasteiger partial charge in [-0.25, -0.2) is 9.97 Å². The summed E-state index contributed by atoms with van der Waals surface area (Å²) in [5, 5.41) is 10.2. The van der Waals surface area contributed by atoms with Crippen LogP contribution in [0.5, 0.6) is 5.75 Å². The van der Waals surface area contributed by atoms with Gasteiger partial charge in [0, 0.05) is 31.4 Å². The number of ether oxygens (including phenoxy) is 2. The van der Waals surface area contributed by atoms with Gasteiger partial charge in [0.25, 0.3) is 0 Å². The number of para-hydroxylation sites is 1. The molecule has 2 heterocycles. The summed E-state index contributed by atoms with van der Waals surface area (Å²) >= 11 is 0. The third-order valence-corrected chi connectivity index (χ3v) is 4.18. The fourth-order valence-corrected chi connectivity index (χ4v) is 2.94. The Morgan fingerprint density at radius 1 is 1.33 bits per heavy atom. The molecule has 0 radical (unpaired) electrons. The van der Waals surface area contributed by atoms with Gasteiger partial charge in [0.1, 0.15) is 12.1 Å². The van der Waals surface area contributed by atoms with E-state index in [4.69, 9.17) is 9.47 Å². The van der Waals surface area contributed by atoms with Crippen LogP contribution < -0.4 is 4.74 Å². The smallest absolute Gasteiger partial charge is 0.124 e. The fraction of sp³-hybridized carbons (Fsp3) is 0.444. The average molecular weight is 329 g/mol. The molecule has 0 unspecified atom stereocenters. The first-order valence-corrected chi connectivity index (χ1v) is 8.14. The van der Waals surface area contributed by atoms with Gasteiger partial charge in [0.05, 0.1) is 32.1 Å². The van der Waals surface area contributed by atoms with E-state index in [0.717, 1.165) is 36.5 Å².